The van der Waals surface area contributed by atoms with E-state index in [0.717, 1.165) is 0 Å². The lowest BCUT2D eigenvalue weighted by atomic mass is 10.7. The van der Waals surface area contributed by atoms with Crippen molar-refractivity contribution < 1.29 is 23.4 Å². The fraction of sp³-hybridized carbons (Fsp3) is 0.250. The van der Waals surface area contributed by atoms with Gasteiger partial charge < -0.3 is 9.03 Å². The molecule has 0 saturated heterocycles. The molecule has 0 amide bonds. The molecule has 0 fully saturated rings. The summed E-state index contributed by atoms with van der Waals surface area (Å²) in [5.74, 6) is -2.43. The molecule has 5 nitrogen and oxygen atoms in total. The smallest absolute Gasteiger partial charge is 0.381 e. The molecular formula is C4H2Cl2O5. The lowest BCUT2D eigenvalue weighted by Crippen LogP contribution is -2.22. The predicted molar refractivity (Wildman–Crippen MR) is 33.7 cm³/mol. The minimum atomic E-state index is -1.69. The van der Waals surface area contributed by atoms with E-state index in [1.165, 1.54) is 0 Å². The molecule has 0 spiro atoms. The van der Waals surface area contributed by atoms with E-state index in [-0.39, 0.29) is 6.29 Å². The van der Waals surface area contributed by atoms with E-state index in [1.54, 1.807) is 0 Å². The third-order valence-corrected chi connectivity index (χ3v) is 0.997. The number of ether oxygens (including phenoxy) is 1. The Morgan fingerprint density at radius 1 is 1.45 bits per heavy atom. The highest BCUT2D eigenvalue weighted by Crippen LogP contribution is 2.02. The summed E-state index contributed by atoms with van der Waals surface area (Å²) in [4.78, 5) is 30.0. The average Bonchev–Trinajstić information content (AvgIpc) is 2.02. The molecule has 7 heteroatoms. The summed E-state index contributed by atoms with van der Waals surface area (Å²) in [6.45, 7) is 0. The van der Waals surface area contributed by atoms with Crippen LogP contribution in [-0.2, 0) is 23.4 Å². The maximum absolute atomic E-state index is 10.3. The second kappa shape index (κ2) is 4.92. The van der Waals surface area contributed by atoms with Gasteiger partial charge in [-0.15, -0.1) is 0 Å². The Bertz CT molecular complexity index is 179. The molecule has 0 radical (unpaired) electrons. The third kappa shape index (κ3) is 3.79. The van der Waals surface area contributed by atoms with E-state index >= 15 is 0 Å². The monoisotopic (exact) mass is 200 g/mol. The van der Waals surface area contributed by atoms with Gasteiger partial charge in [0.2, 0.25) is 6.29 Å². The molecule has 0 bridgehead atoms. The summed E-state index contributed by atoms with van der Waals surface area (Å²) >= 11 is 9.60. The van der Waals surface area contributed by atoms with Gasteiger partial charge in [0.1, 0.15) is 11.9 Å². The lowest BCUT2D eigenvalue weighted by Gasteiger charge is -2.02. The number of esters is 1. The van der Waals surface area contributed by atoms with Gasteiger partial charge in [-0.2, -0.15) is 0 Å². The molecule has 0 N–H and O–H groups in total. The predicted octanol–water partition coefficient (Wildman–Crippen LogP) is -0.00960. The molecule has 62 valence electrons. The SMILES string of the molecule is O=CC(=O)OC(Cl)C(=O)OCl. The zero-order valence-corrected chi connectivity index (χ0v) is 6.46. The first kappa shape index (κ1) is 10.2. The Morgan fingerprint density at radius 2 is 2.00 bits per heavy atom. The van der Waals surface area contributed by atoms with Crippen molar-refractivity contribution in [1.29, 1.82) is 0 Å². The van der Waals surface area contributed by atoms with Crippen LogP contribution in [0.5, 0.6) is 0 Å². The van der Waals surface area contributed by atoms with Crippen molar-refractivity contribution in [3.8, 4) is 0 Å². The van der Waals surface area contributed by atoms with Crippen LogP contribution in [0, 0.1) is 0 Å². The lowest BCUT2D eigenvalue weighted by molar-refractivity contribution is -0.157. The van der Waals surface area contributed by atoms with Gasteiger partial charge in [0, 0.05) is 0 Å². The quantitative estimate of drug-likeness (QED) is 0.278. The molecule has 11 heavy (non-hydrogen) atoms. The Hall–Kier alpha value is -0.810. The first-order valence-corrected chi connectivity index (χ1v) is 2.98. The van der Waals surface area contributed by atoms with Crippen LogP contribution in [0.25, 0.3) is 0 Å². The molecule has 0 aromatic rings. The Labute approximate surface area is 71.3 Å². The molecule has 1 atom stereocenters. The van der Waals surface area contributed by atoms with Crippen LogP contribution < -0.4 is 0 Å². The third-order valence-electron chi connectivity index (χ3n) is 0.577. The van der Waals surface area contributed by atoms with Crippen LogP contribution >= 0.6 is 23.5 Å². The zero-order chi connectivity index (χ0) is 8.85. The molecule has 0 aliphatic carbocycles. The van der Waals surface area contributed by atoms with Crippen molar-refractivity contribution in [2.45, 2.75) is 5.56 Å². The van der Waals surface area contributed by atoms with Crippen LogP contribution in [-0.4, -0.2) is 23.8 Å². The van der Waals surface area contributed by atoms with Crippen molar-refractivity contribution in [2.24, 2.45) is 0 Å². The number of hydrogen-bond acceptors (Lipinski definition) is 5. The van der Waals surface area contributed by atoms with Crippen molar-refractivity contribution >= 4 is 41.7 Å². The second-order valence-electron chi connectivity index (χ2n) is 1.27. The van der Waals surface area contributed by atoms with Crippen molar-refractivity contribution in [3.63, 3.8) is 0 Å². The van der Waals surface area contributed by atoms with Crippen LogP contribution in [0.4, 0.5) is 0 Å². The van der Waals surface area contributed by atoms with Gasteiger partial charge in [-0.25, -0.2) is 9.59 Å². The van der Waals surface area contributed by atoms with Crippen LogP contribution in [0.2, 0.25) is 0 Å². The highest BCUT2D eigenvalue weighted by Gasteiger charge is 2.20. The highest BCUT2D eigenvalue weighted by molar-refractivity contribution is 6.32. The second-order valence-corrected chi connectivity index (χ2v) is 1.82. The fourth-order valence-electron chi connectivity index (χ4n) is 0.213. The van der Waals surface area contributed by atoms with Crippen molar-refractivity contribution in [1.82, 2.24) is 0 Å². The van der Waals surface area contributed by atoms with E-state index in [1.807, 2.05) is 0 Å². The van der Waals surface area contributed by atoms with Gasteiger partial charge in [0.05, 0.1) is 0 Å². The molecule has 0 aromatic carbocycles. The van der Waals surface area contributed by atoms with E-state index in [4.69, 9.17) is 11.6 Å². The molecule has 0 aliphatic rings. The van der Waals surface area contributed by atoms with E-state index in [2.05, 4.69) is 20.9 Å². The number of carbonyl (C=O) groups excluding carboxylic acids is 3. The van der Waals surface area contributed by atoms with Gasteiger partial charge in [-0.1, -0.05) is 11.6 Å². The molecule has 0 aliphatic heterocycles. The summed E-state index contributed by atoms with van der Waals surface area (Å²) in [5, 5.41) is 0. The normalized spacial score (nSPS) is 11.5. The number of aldehydes is 1. The number of carbonyl (C=O) groups is 3. The number of rotatable bonds is 3. The Morgan fingerprint density at radius 3 is 2.36 bits per heavy atom. The molecule has 0 heterocycles. The van der Waals surface area contributed by atoms with E-state index < -0.39 is 17.5 Å². The Balaban J connectivity index is 3.86. The summed E-state index contributed by atoms with van der Waals surface area (Å²) in [6.07, 6.45) is -0.142. The van der Waals surface area contributed by atoms with Crippen LogP contribution in [0.15, 0.2) is 0 Å². The van der Waals surface area contributed by atoms with Gasteiger partial charge >= 0.3 is 11.9 Å². The molecule has 0 aromatic heterocycles. The Kier molecular flexibility index (Phi) is 4.56. The van der Waals surface area contributed by atoms with E-state index in [0.29, 0.717) is 0 Å². The summed E-state index contributed by atoms with van der Waals surface area (Å²) in [5.41, 5.74) is -1.69. The first-order chi connectivity index (χ1) is 5.11. The molecule has 0 saturated carbocycles. The van der Waals surface area contributed by atoms with Gasteiger partial charge in [0.25, 0.3) is 5.56 Å². The van der Waals surface area contributed by atoms with Crippen molar-refractivity contribution in [2.75, 3.05) is 0 Å². The average molecular weight is 201 g/mol. The maximum Gasteiger partial charge on any atom is 0.381 e. The van der Waals surface area contributed by atoms with Crippen LogP contribution in [0.3, 0.4) is 0 Å². The minimum Gasteiger partial charge on any atom is -0.428 e. The standard InChI is InChI=1S/C4H2Cl2O5/c5-3(4(9)11-6)10-2(8)1-7/h1,3H. The van der Waals surface area contributed by atoms with E-state index in [9.17, 15) is 14.4 Å². The largest absolute Gasteiger partial charge is 0.428 e. The van der Waals surface area contributed by atoms with Gasteiger partial charge in [-0.05, 0) is 0 Å². The summed E-state index contributed by atoms with van der Waals surface area (Å²) in [7, 11) is 0. The molecule has 1 unspecified atom stereocenters. The highest BCUT2D eigenvalue weighted by atomic mass is 35.5. The van der Waals surface area contributed by atoms with Crippen molar-refractivity contribution in [3.05, 3.63) is 0 Å². The number of hydrogen-bond donors (Lipinski definition) is 0. The van der Waals surface area contributed by atoms with Gasteiger partial charge in [0.15, 0.2) is 0 Å². The summed E-state index contributed by atoms with van der Waals surface area (Å²) in [6, 6.07) is 0. The zero-order valence-electron chi connectivity index (χ0n) is 4.95. The molecular weight excluding hydrogens is 199 g/mol. The van der Waals surface area contributed by atoms with Crippen LogP contribution in [0.1, 0.15) is 0 Å². The summed E-state index contributed by atoms with van der Waals surface area (Å²) < 4.78 is 7.52. The topological polar surface area (TPSA) is 69.7 Å². The fourth-order valence-corrected chi connectivity index (χ4v) is 0.472. The number of halogens is 2. The minimum absolute atomic E-state index is 0.142. The maximum atomic E-state index is 10.3. The van der Waals surface area contributed by atoms with Gasteiger partial charge in [-0.3, -0.25) is 4.79 Å². The molecule has 0 rings (SSSR count). The number of alkyl halides is 1. The first-order valence-electron chi connectivity index (χ1n) is 2.24.